The van der Waals surface area contributed by atoms with Crippen molar-refractivity contribution in [1.82, 2.24) is 9.55 Å². The summed E-state index contributed by atoms with van der Waals surface area (Å²) < 4.78 is 2.14. The van der Waals surface area contributed by atoms with Gasteiger partial charge in [0.05, 0.1) is 12.2 Å². The number of thiophene rings is 1. The molecule has 0 saturated carbocycles. The Morgan fingerprint density at radius 1 is 1.21 bits per heavy atom. The summed E-state index contributed by atoms with van der Waals surface area (Å²) in [6, 6.07) is 12.3. The highest BCUT2D eigenvalue weighted by atomic mass is 32.1. The molecule has 1 aromatic carbocycles. The lowest BCUT2D eigenvalue weighted by Gasteiger charge is -2.08. The van der Waals surface area contributed by atoms with Gasteiger partial charge in [0, 0.05) is 11.9 Å². The molecule has 19 heavy (non-hydrogen) atoms. The van der Waals surface area contributed by atoms with Crippen molar-refractivity contribution in [1.29, 1.82) is 0 Å². The zero-order chi connectivity index (χ0) is 13.1. The molecule has 2 aromatic heterocycles. The van der Waals surface area contributed by atoms with Gasteiger partial charge in [-0.05, 0) is 41.4 Å². The van der Waals surface area contributed by atoms with Crippen LogP contribution in [0.2, 0.25) is 0 Å². The topological polar surface area (TPSA) is 29.9 Å². The first-order chi connectivity index (χ1) is 9.31. The Hall–Kier alpha value is -2.07. The van der Waals surface area contributed by atoms with Gasteiger partial charge in [-0.3, -0.25) is 0 Å². The SMILES string of the molecule is Cc1cn(Cc2ccsc2)c(Nc2ccccc2)n1. The van der Waals surface area contributed by atoms with Crippen LogP contribution in [0.15, 0.2) is 53.4 Å². The van der Waals surface area contributed by atoms with Crippen LogP contribution in [-0.4, -0.2) is 9.55 Å². The van der Waals surface area contributed by atoms with Crippen molar-refractivity contribution >= 4 is 23.0 Å². The minimum absolute atomic E-state index is 0.847. The molecular formula is C15H15N3S. The zero-order valence-electron chi connectivity index (χ0n) is 10.7. The third kappa shape index (κ3) is 2.85. The molecule has 4 heteroatoms. The Morgan fingerprint density at radius 2 is 2.05 bits per heavy atom. The van der Waals surface area contributed by atoms with Crippen molar-refractivity contribution in [2.75, 3.05) is 5.32 Å². The second kappa shape index (κ2) is 5.28. The Labute approximate surface area is 116 Å². The van der Waals surface area contributed by atoms with Crippen LogP contribution in [0.5, 0.6) is 0 Å². The van der Waals surface area contributed by atoms with Crippen LogP contribution in [0.25, 0.3) is 0 Å². The van der Waals surface area contributed by atoms with Crippen molar-refractivity contribution in [2.24, 2.45) is 0 Å². The lowest BCUT2D eigenvalue weighted by atomic mass is 10.3. The number of nitrogens with zero attached hydrogens (tertiary/aromatic N) is 2. The first kappa shape index (κ1) is 12.0. The van der Waals surface area contributed by atoms with Crippen LogP contribution >= 0.6 is 11.3 Å². The maximum Gasteiger partial charge on any atom is 0.207 e. The molecule has 3 nitrogen and oxygen atoms in total. The fraction of sp³-hybridized carbons (Fsp3) is 0.133. The summed E-state index contributed by atoms with van der Waals surface area (Å²) in [5.41, 5.74) is 3.38. The minimum Gasteiger partial charge on any atom is -0.326 e. The van der Waals surface area contributed by atoms with Gasteiger partial charge in [-0.2, -0.15) is 11.3 Å². The van der Waals surface area contributed by atoms with Crippen molar-refractivity contribution < 1.29 is 0 Å². The second-order valence-electron chi connectivity index (χ2n) is 4.46. The molecule has 0 fully saturated rings. The molecule has 0 saturated heterocycles. The molecular weight excluding hydrogens is 254 g/mol. The van der Waals surface area contributed by atoms with Crippen LogP contribution in [0, 0.1) is 6.92 Å². The fourth-order valence-corrected chi connectivity index (χ4v) is 2.66. The van der Waals surface area contributed by atoms with Gasteiger partial charge < -0.3 is 9.88 Å². The van der Waals surface area contributed by atoms with Crippen LogP contribution in [-0.2, 0) is 6.54 Å². The Bertz CT molecular complexity index is 641. The van der Waals surface area contributed by atoms with E-state index in [-0.39, 0.29) is 0 Å². The summed E-state index contributed by atoms with van der Waals surface area (Å²) >= 11 is 1.72. The number of aryl methyl sites for hydroxylation is 1. The summed E-state index contributed by atoms with van der Waals surface area (Å²) in [7, 11) is 0. The summed E-state index contributed by atoms with van der Waals surface area (Å²) in [6.45, 7) is 2.86. The molecule has 0 bridgehead atoms. The number of rotatable bonds is 4. The van der Waals surface area contributed by atoms with E-state index in [0.29, 0.717) is 0 Å². The average molecular weight is 269 g/mol. The highest BCUT2D eigenvalue weighted by Crippen LogP contribution is 2.18. The third-order valence-electron chi connectivity index (χ3n) is 2.86. The molecule has 3 aromatic rings. The number of benzene rings is 1. The number of hydrogen-bond acceptors (Lipinski definition) is 3. The predicted octanol–water partition coefficient (Wildman–Crippen LogP) is 4.04. The number of anilines is 2. The Balaban J connectivity index is 1.85. The second-order valence-corrected chi connectivity index (χ2v) is 5.24. The van der Waals surface area contributed by atoms with Crippen LogP contribution < -0.4 is 5.32 Å². The first-order valence-corrected chi connectivity index (χ1v) is 7.12. The van der Waals surface area contributed by atoms with Gasteiger partial charge in [0.1, 0.15) is 0 Å². The normalized spacial score (nSPS) is 10.6. The predicted molar refractivity (Wildman–Crippen MR) is 80.1 cm³/mol. The molecule has 0 aliphatic rings. The largest absolute Gasteiger partial charge is 0.326 e. The standard InChI is InChI=1S/C15H15N3S/c1-12-9-18(10-13-7-8-19-11-13)15(16-12)17-14-5-3-2-4-6-14/h2-9,11H,10H2,1H3,(H,16,17). The quantitative estimate of drug-likeness (QED) is 0.774. The molecule has 3 rings (SSSR count). The summed E-state index contributed by atoms with van der Waals surface area (Å²) in [5, 5.41) is 7.63. The highest BCUT2D eigenvalue weighted by Gasteiger charge is 2.06. The van der Waals surface area contributed by atoms with Gasteiger partial charge in [0.25, 0.3) is 0 Å². The summed E-state index contributed by atoms with van der Waals surface area (Å²) in [5.74, 6) is 0.884. The van der Waals surface area contributed by atoms with Gasteiger partial charge in [-0.1, -0.05) is 18.2 Å². The molecule has 0 aliphatic heterocycles. The van der Waals surface area contributed by atoms with E-state index in [4.69, 9.17) is 0 Å². The number of nitrogens with one attached hydrogen (secondary N) is 1. The van der Waals surface area contributed by atoms with Gasteiger partial charge in [0.2, 0.25) is 5.95 Å². The van der Waals surface area contributed by atoms with E-state index < -0.39 is 0 Å². The Morgan fingerprint density at radius 3 is 2.79 bits per heavy atom. The first-order valence-electron chi connectivity index (χ1n) is 6.18. The van der Waals surface area contributed by atoms with Crippen molar-refractivity contribution in [3.05, 3.63) is 64.6 Å². The average Bonchev–Trinajstić information content (AvgIpc) is 3.02. The molecule has 0 amide bonds. The van der Waals surface area contributed by atoms with Crippen molar-refractivity contribution in [3.8, 4) is 0 Å². The lowest BCUT2D eigenvalue weighted by Crippen LogP contribution is -2.03. The third-order valence-corrected chi connectivity index (χ3v) is 3.59. The summed E-state index contributed by atoms with van der Waals surface area (Å²) in [4.78, 5) is 4.54. The van der Waals surface area contributed by atoms with E-state index >= 15 is 0 Å². The number of imidazole rings is 1. The van der Waals surface area contributed by atoms with E-state index in [1.165, 1.54) is 5.56 Å². The smallest absolute Gasteiger partial charge is 0.207 e. The lowest BCUT2D eigenvalue weighted by molar-refractivity contribution is 0.810. The zero-order valence-corrected chi connectivity index (χ0v) is 11.5. The molecule has 0 spiro atoms. The molecule has 96 valence electrons. The van der Waals surface area contributed by atoms with E-state index in [0.717, 1.165) is 23.9 Å². The number of hydrogen-bond donors (Lipinski definition) is 1. The van der Waals surface area contributed by atoms with E-state index in [1.54, 1.807) is 11.3 Å². The van der Waals surface area contributed by atoms with Gasteiger partial charge in [0.15, 0.2) is 0 Å². The van der Waals surface area contributed by atoms with E-state index in [2.05, 4.69) is 37.9 Å². The van der Waals surface area contributed by atoms with Crippen LogP contribution in [0.3, 0.4) is 0 Å². The number of aromatic nitrogens is 2. The van der Waals surface area contributed by atoms with Crippen molar-refractivity contribution in [3.63, 3.8) is 0 Å². The van der Waals surface area contributed by atoms with Crippen LogP contribution in [0.1, 0.15) is 11.3 Å². The molecule has 0 unspecified atom stereocenters. The van der Waals surface area contributed by atoms with Crippen LogP contribution in [0.4, 0.5) is 11.6 Å². The monoisotopic (exact) mass is 269 g/mol. The molecule has 0 aliphatic carbocycles. The molecule has 0 atom stereocenters. The van der Waals surface area contributed by atoms with Crippen molar-refractivity contribution in [2.45, 2.75) is 13.5 Å². The Kier molecular flexibility index (Phi) is 3.33. The van der Waals surface area contributed by atoms with Gasteiger partial charge in [-0.15, -0.1) is 0 Å². The molecule has 1 N–H and O–H groups in total. The molecule has 2 heterocycles. The fourth-order valence-electron chi connectivity index (χ4n) is 2.00. The maximum atomic E-state index is 4.54. The summed E-state index contributed by atoms with van der Waals surface area (Å²) in [6.07, 6.45) is 2.07. The van der Waals surface area contributed by atoms with Gasteiger partial charge in [-0.25, -0.2) is 4.98 Å². The van der Waals surface area contributed by atoms with E-state index in [1.807, 2.05) is 37.3 Å². The minimum atomic E-state index is 0.847. The number of para-hydroxylation sites is 1. The highest BCUT2D eigenvalue weighted by molar-refractivity contribution is 7.07. The molecule has 0 radical (unpaired) electrons. The van der Waals surface area contributed by atoms with E-state index in [9.17, 15) is 0 Å². The maximum absolute atomic E-state index is 4.54. The van der Waals surface area contributed by atoms with Gasteiger partial charge >= 0.3 is 0 Å².